The van der Waals surface area contributed by atoms with Gasteiger partial charge in [-0.1, -0.05) is 54.1 Å². The molecule has 2 saturated heterocycles. The van der Waals surface area contributed by atoms with Gasteiger partial charge in [-0.2, -0.15) is 0 Å². The number of anilines is 2. The van der Waals surface area contributed by atoms with Crippen molar-refractivity contribution in [2.24, 2.45) is 5.92 Å². The number of carbonyl (C=O) groups is 2. The van der Waals surface area contributed by atoms with Gasteiger partial charge in [0, 0.05) is 5.56 Å². The van der Waals surface area contributed by atoms with Gasteiger partial charge < -0.3 is 0 Å². The van der Waals surface area contributed by atoms with Crippen LogP contribution in [-0.4, -0.2) is 17.9 Å². The number of aryl methyl sites for hydroxylation is 2. The maximum atomic E-state index is 14.8. The molecule has 156 valence electrons. The predicted octanol–water partition coefficient (Wildman–Crippen LogP) is 4.49. The molecule has 2 amide bonds. The molecule has 31 heavy (non-hydrogen) atoms. The van der Waals surface area contributed by atoms with Crippen LogP contribution < -0.4 is 9.96 Å². The number of imide groups is 1. The summed E-state index contributed by atoms with van der Waals surface area (Å²) in [6.07, 6.45) is -1.02. The number of hydroxylamine groups is 1. The minimum Gasteiger partial charge on any atom is -0.273 e. The second-order valence-electron chi connectivity index (χ2n) is 7.98. The van der Waals surface area contributed by atoms with Crippen LogP contribution in [0.2, 0.25) is 0 Å². The van der Waals surface area contributed by atoms with Crippen molar-refractivity contribution in [1.29, 1.82) is 0 Å². The molecule has 3 aromatic carbocycles. The Balaban J connectivity index is 1.61. The van der Waals surface area contributed by atoms with E-state index in [1.54, 1.807) is 24.3 Å². The summed E-state index contributed by atoms with van der Waals surface area (Å²) in [5.41, 5.74) is 3.38. The maximum Gasteiger partial charge on any atom is 0.266 e. The molecule has 6 heteroatoms. The molecular weight excluding hydrogens is 395 g/mol. The Morgan fingerprint density at radius 3 is 2.29 bits per heavy atom. The van der Waals surface area contributed by atoms with E-state index in [4.69, 9.17) is 4.84 Å². The summed E-state index contributed by atoms with van der Waals surface area (Å²) in [5, 5.41) is 1.50. The van der Waals surface area contributed by atoms with Gasteiger partial charge in [-0.3, -0.25) is 14.4 Å². The van der Waals surface area contributed by atoms with Crippen molar-refractivity contribution in [2.75, 3.05) is 9.96 Å². The predicted molar refractivity (Wildman–Crippen MR) is 115 cm³/mol. The molecule has 0 aliphatic carbocycles. The lowest BCUT2D eigenvalue weighted by Crippen LogP contribution is -2.38. The van der Waals surface area contributed by atoms with E-state index in [1.165, 1.54) is 16.0 Å². The number of halogens is 1. The summed E-state index contributed by atoms with van der Waals surface area (Å²) < 4.78 is 14.8. The normalized spacial score (nSPS) is 22.9. The summed E-state index contributed by atoms with van der Waals surface area (Å²) in [6, 6.07) is 20.3. The highest BCUT2D eigenvalue weighted by molar-refractivity contribution is 6.24. The Morgan fingerprint density at radius 1 is 0.871 bits per heavy atom. The lowest BCUT2D eigenvalue weighted by atomic mass is 9.90. The molecule has 0 N–H and O–H groups in total. The fourth-order valence-corrected chi connectivity index (χ4v) is 4.54. The molecule has 5 rings (SSSR count). The third-order valence-electron chi connectivity index (χ3n) is 5.94. The summed E-state index contributed by atoms with van der Waals surface area (Å²) in [6.45, 7) is 3.82. The highest BCUT2D eigenvalue weighted by Gasteiger charge is 2.60. The van der Waals surface area contributed by atoms with Gasteiger partial charge in [0.2, 0.25) is 5.91 Å². The van der Waals surface area contributed by atoms with Crippen molar-refractivity contribution >= 4 is 23.2 Å². The van der Waals surface area contributed by atoms with Crippen LogP contribution in [0.15, 0.2) is 72.8 Å². The number of rotatable bonds is 3. The van der Waals surface area contributed by atoms with Crippen LogP contribution in [0.25, 0.3) is 0 Å². The second kappa shape index (κ2) is 7.32. The highest BCUT2D eigenvalue weighted by Crippen LogP contribution is 2.48. The van der Waals surface area contributed by atoms with E-state index in [0.29, 0.717) is 16.9 Å². The molecule has 3 atom stereocenters. The van der Waals surface area contributed by atoms with Gasteiger partial charge >= 0.3 is 0 Å². The first-order valence-electron chi connectivity index (χ1n) is 10.2. The highest BCUT2D eigenvalue weighted by atomic mass is 19.1. The Labute approximate surface area is 179 Å². The van der Waals surface area contributed by atoms with Crippen molar-refractivity contribution < 1.29 is 18.8 Å². The molecule has 2 fully saturated rings. The van der Waals surface area contributed by atoms with Crippen LogP contribution in [0.1, 0.15) is 22.7 Å². The molecule has 2 heterocycles. The molecule has 0 spiro atoms. The summed E-state index contributed by atoms with van der Waals surface area (Å²) in [7, 11) is 0. The first kappa shape index (κ1) is 19.5. The third kappa shape index (κ3) is 3.02. The van der Waals surface area contributed by atoms with E-state index >= 15 is 0 Å². The maximum absolute atomic E-state index is 14.8. The number of amides is 2. The average Bonchev–Trinajstić information content (AvgIpc) is 3.26. The fourth-order valence-electron chi connectivity index (χ4n) is 4.54. The topological polar surface area (TPSA) is 49.9 Å². The van der Waals surface area contributed by atoms with Crippen molar-refractivity contribution in [2.45, 2.75) is 26.0 Å². The van der Waals surface area contributed by atoms with Crippen molar-refractivity contribution in [3.63, 3.8) is 0 Å². The van der Waals surface area contributed by atoms with Gasteiger partial charge in [0.05, 0.1) is 17.4 Å². The van der Waals surface area contributed by atoms with Crippen LogP contribution in [0.5, 0.6) is 0 Å². The fraction of sp³-hybridized carbons (Fsp3) is 0.200. The molecule has 0 aromatic heterocycles. The molecule has 0 bridgehead atoms. The molecule has 5 nitrogen and oxygen atoms in total. The Hall–Kier alpha value is -3.51. The summed E-state index contributed by atoms with van der Waals surface area (Å²) >= 11 is 0. The lowest BCUT2D eigenvalue weighted by molar-refractivity contribution is -0.126. The quantitative estimate of drug-likeness (QED) is 0.590. The van der Waals surface area contributed by atoms with Gasteiger partial charge in [-0.15, -0.1) is 0 Å². The number of benzene rings is 3. The number of fused-ring (bicyclic) bond motifs is 1. The van der Waals surface area contributed by atoms with Gasteiger partial charge in [0.15, 0.2) is 6.10 Å². The first-order chi connectivity index (χ1) is 15.0. The second-order valence-corrected chi connectivity index (χ2v) is 7.98. The molecule has 2 aliphatic rings. The lowest BCUT2D eigenvalue weighted by Gasteiger charge is -2.29. The van der Waals surface area contributed by atoms with E-state index in [0.717, 1.165) is 11.1 Å². The zero-order valence-electron chi connectivity index (χ0n) is 17.2. The van der Waals surface area contributed by atoms with E-state index in [2.05, 4.69) is 0 Å². The first-order valence-corrected chi connectivity index (χ1v) is 10.2. The molecule has 2 aliphatic heterocycles. The molecular formula is C25H21FN2O3. The van der Waals surface area contributed by atoms with E-state index in [-0.39, 0.29) is 5.91 Å². The van der Waals surface area contributed by atoms with Crippen molar-refractivity contribution in [3.8, 4) is 0 Å². The number of hydrogen-bond acceptors (Lipinski definition) is 4. The van der Waals surface area contributed by atoms with Crippen LogP contribution in [0.4, 0.5) is 15.8 Å². The van der Waals surface area contributed by atoms with Crippen LogP contribution >= 0.6 is 0 Å². The monoisotopic (exact) mass is 416 g/mol. The Morgan fingerprint density at radius 2 is 1.58 bits per heavy atom. The smallest absolute Gasteiger partial charge is 0.266 e. The third-order valence-corrected chi connectivity index (χ3v) is 5.94. The number of para-hydroxylation sites is 1. The summed E-state index contributed by atoms with van der Waals surface area (Å²) in [5.74, 6) is -2.11. The Bertz CT molecular complexity index is 1180. The van der Waals surface area contributed by atoms with E-state index < -0.39 is 29.8 Å². The number of carbonyl (C=O) groups excluding carboxylic acids is 2. The van der Waals surface area contributed by atoms with Gasteiger partial charge in [0.1, 0.15) is 11.7 Å². The Kier molecular flexibility index (Phi) is 4.59. The zero-order valence-corrected chi connectivity index (χ0v) is 17.2. The van der Waals surface area contributed by atoms with Gasteiger partial charge in [0.25, 0.3) is 5.91 Å². The largest absolute Gasteiger partial charge is 0.273 e. The standard InChI is InChI=1S/C25H21FN2O3/c1-15-12-13-20(16(2)14-15)27-24(29)21-22(18-10-6-7-11-19(18)26)28(31-23(21)25(27)30)17-8-4-3-5-9-17/h3-14,21-23H,1-2H3/t21-,22+,23+/m0/s1. The molecule has 3 aromatic rings. The summed E-state index contributed by atoms with van der Waals surface area (Å²) in [4.78, 5) is 34.2. The minimum atomic E-state index is -1.02. The van der Waals surface area contributed by atoms with Crippen LogP contribution in [0, 0.1) is 25.6 Å². The zero-order chi connectivity index (χ0) is 21.7. The average molecular weight is 416 g/mol. The van der Waals surface area contributed by atoms with Gasteiger partial charge in [-0.05, 0) is 43.7 Å². The van der Waals surface area contributed by atoms with Crippen molar-refractivity contribution in [3.05, 3.63) is 95.3 Å². The molecule has 0 radical (unpaired) electrons. The SMILES string of the molecule is Cc1ccc(N2C(=O)[C@H]3[C@@H](c4ccccc4F)N(c4ccccc4)O[C@H]3C2=O)c(C)c1. The van der Waals surface area contributed by atoms with Crippen LogP contribution in [0.3, 0.4) is 0 Å². The van der Waals surface area contributed by atoms with E-state index in [9.17, 15) is 14.0 Å². The molecule has 0 unspecified atom stereocenters. The van der Waals surface area contributed by atoms with Gasteiger partial charge in [-0.25, -0.2) is 14.4 Å². The number of hydrogen-bond donors (Lipinski definition) is 0. The van der Waals surface area contributed by atoms with Crippen molar-refractivity contribution in [1.82, 2.24) is 0 Å². The molecule has 0 saturated carbocycles. The van der Waals surface area contributed by atoms with Crippen LogP contribution in [-0.2, 0) is 14.4 Å². The van der Waals surface area contributed by atoms with E-state index in [1.807, 2.05) is 56.3 Å². The minimum absolute atomic E-state index is 0.322. The number of nitrogens with zero attached hydrogens (tertiary/aromatic N) is 2.